The number of nitrogens with two attached hydrogens (primary N) is 1. The molecule has 4 atom stereocenters. The summed E-state index contributed by atoms with van der Waals surface area (Å²) in [5, 5.41) is 20.1. The number of imidazole rings is 1. The van der Waals surface area contributed by atoms with E-state index in [1.165, 1.54) is 10.9 Å². The number of nitrogens with one attached hydrogen (secondary N) is 1. The normalized spacial score (nSPS) is 26.7. The Bertz CT molecular complexity index is 867. The number of fused-ring (bicyclic) bond motifs is 1. The number of aromatic amines is 1. The fourth-order valence-corrected chi connectivity index (χ4v) is 2.74. The van der Waals surface area contributed by atoms with Crippen LogP contribution in [0.25, 0.3) is 11.2 Å². The molecule has 2 radical (unpaired) electrons. The maximum absolute atomic E-state index is 11.7. The van der Waals surface area contributed by atoms with Gasteiger partial charge in [-0.1, -0.05) is 0 Å². The summed E-state index contributed by atoms with van der Waals surface area (Å²) in [7, 11) is -4.76. The van der Waals surface area contributed by atoms with Gasteiger partial charge in [0.2, 0.25) is 5.95 Å². The van der Waals surface area contributed by atoms with Crippen LogP contribution in [0.4, 0.5) is 5.95 Å². The first kappa shape index (κ1) is 20.4. The number of H-pyrrole nitrogens is 1. The van der Waals surface area contributed by atoms with E-state index in [9.17, 15) is 19.6 Å². The van der Waals surface area contributed by atoms with Crippen LogP contribution in [0.5, 0.6) is 0 Å². The van der Waals surface area contributed by atoms with Gasteiger partial charge in [0.25, 0.3) is 5.56 Å². The van der Waals surface area contributed by atoms with Crippen molar-refractivity contribution in [1.82, 2.24) is 19.5 Å². The van der Waals surface area contributed by atoms with E-state index in [4.69, 9.17) is 20.3 Å². The third kappa shape index (κ3) is 4.08. The van der Waals surface area contributed by atoms with Gasteiger partial charge in [0.1, 0.15) is 18.3 Å². The molecule has 1 aliphatic rings. The van der Waals surface area contributed by atoms with Gasteiger partial charge in [-0.25, -0.2) is 9.55 Å². The molecule has 15 heteroatoms. The van der Waals surface area contributed by atoms with Crippen LogP contribution in [-0.4, -0.2) is 91.7 Å². The summed E-state index contributed by atoms with van der Waals surface area (Å²) in [4.78, 5) is 39.1. The third-order valence-electron chi connectivity index (χ3n) is 3.47. The van der Waals surface area contributed by atoms with Gasteiger partial charge in [-0.15, -0.1) is 0 Å². The monoisotopic (exact) mass is 573 g/mol. The number of hydrogen-bond acceptors (Lipinski definition) is 9. The van der Waals surface area contributed by atoms with Gasteiger partial charge in [0.05, 0.1) is 12.9 Å². The van der Waals surface area contributed by atoms with E-state index in [1.54, 1.807) is 0 Å². The molecule has 0 spiro atoms. The summed E-state index contributed by atoms with van der Waals surface area (Å²) in [6.07, 6.45) is -4.22. The predicted molar refractivity (Wildman–Crippen MR) is 85.0 cm³/mol. The van der Waals surface area contributed by atoms with Gasteiger partial charge >= 0.3 is 35.1 Å². The molecule has 3 heterocycles. The zero-order chi connectivity index (χ0) is 17.6. The number of phosphoric ester groups is 1. The number of aliphatic hydroxyl groups is 2. The Morgan fingerprint density at radius 3 is 2.72 bits per heavy atom. The number of ether oxygens (including phenoxy) is 1. The molecule has 1 saturated heterocycles. The van der Waals surface area contributed by atoms with Crippen molar-refractivity contribution in [2.75, 3.05) is 12.3 Å². The fourth-order valence-electron chi connectivity index (χ4n) is 2.40. The topological polar surface area (TPSA) is 206 Å². The van der Waals surface area contributed by atoms with E-state index in [-0.39, 0.29) is 44.4 Å². The molecular formula is C10H16N5O8PPb. The van der Waals surface area contributed by atoms with Crippen LogP contribution in [0.15, 0.2) is 11.1 Å². The summed E-state index contributed by atoms with van der Waals surface area (Å²) >= 11 is 0. The van der Waals surface area contributed by atoms with Crippen LogP contribution in [0.3, 0.4) is 0 Å². The first-order valence-electron chi connectivity index (χ1n) is 6.61. The molecular weight excluding hydrogens is 556 g/mol. The number of aromatic nitrogens is 4. The molecule has 0 saturated carbocycles. The average molecular weight is 572 g/mol. The van der Waals surface area contributed by atoms with Crippen molar-refractivity contribution in [3.8, 4) is 0 Å². The van der Waals surface area contributed by atoms with E-state index in [1.807, 2.05) is 0 Å². The molecule has 0 aromatic carbocycles. The predicted octanol–water partition coefficient (Wildman–Crippen LogP) is -3.49. The van der Waals surface area contributed by atoms with E-state index in [2.05, 4.69) is 19.5 Å². The Kier molecular flexibility index (Phi) is 6.00. The second-order valence-corrected chi connectivity index (χ2v) is 6.35. The molecule has 2 aromatic rings. The Balaban J connectivity index is 0.00000225. The van der Waals surface area contributed by atoms with Crippen molar-refractivity contribution < 1.29 is 33.8 Å². The molecule has 0 unspecified atom stereocenters. The minimum atomic E-state index is -4.76. The van der Waals surface area contributed by atoms with Gasteiger partial charge in [-0.3, -0.25) is 18.9 Å². The van der Waals surface area contributed by atoms with Crippen molar-refractivity contribution in [3.05, 3.63) is 16.7 Å². The number of nitrogens with zero attached hydrogens (tertiary/aromatic N) is 3. The molecule has 0 amide bonds. The Morgan fingerprint density at radius 2 is 2.08 bits per heavy atom. The second kappa shape index (κ2) is 7.36. The Labute approximate surface area is 159 Å². The van der Waals surface area contributed by atoms with Gasteiger partial charge in [0.15, 0.2) is 17.4 Å². The van der Waals surface area contributed by atoms with Crippen molar-refractivity contribution in [2.24, 2.45) is 0 Å². The summed E-state index contributed by atoms with van der Waals surface area (Å²) in [6.45, 7) is -0.651. The van der Waals surface area contributed by atoms with E-state index >= 15 is 0 Å². The summed E-state index contributed by atoms with van der Waals surface area (Å²) in [5.41, 5.74) is 4.84. The van der Waals surface area contributed by atoms with Crippen molar-refractivity contribution in [2.45, 2.75) is 24.5 Å². The van der Waals surface area contributed by atoms with Crippen LogP contribution < -0.4 is 11.3 Å². The van der Waals surface area contributed by atoms with Crippen LogP contribution in [0.2, 0.25) is 0 Å². The van der Waals surface area contributed by atoms with Crippen molar-refractivity contribution >= 4 is 52.2 Å². The molecule has 0 aliphatic carbocycles. The molecule has 1 fully saturated rings. The van der Waals surface area contributed by atoms with Gasteiger partial charge in [0, 0.05) is 0 Å². The molecule has 1 aliphatic heterocycles. The van der Waals surface area contributed by atoms with Crippen molar-refractivity contribution in [1.29, 1.82) is 0 Å². The fraction of sp³-hybridized carbons (Fsp3) is 0.500. The Hall–Kier alpha value is -0.938. The molecule has 7 N–H and O–H groups in total. The molecule has 0 bridgehead atoms. The quantitative estimate of drug-likeness (QED) is 0.157. The SMILES string of the molecule is Nc1nc2c(ncn2[C@@H]2O[C@H](COP(=O)(O)O)[C@@H](O)[C@H]2O)c(=O)[nH]1.[PbH2]. The number of nitrogen functional groups attached to an aromatic ring is 1. The zero-order valence-electron chi connectivity index (χ0n) is 12.6. The number of rotatable bonds is 4. The molecule has 3 rings (SSSR count). The number of phosphoric acid groups is 1. The number of anilines is 1. The van der Waals surface area contributed by atoms with Crippen LogP contribution >= 0.6 is 7.82 Å². The number of aliphatic hydroxyl groups excluding tert-OH is 2. The van der Waals surface area contributed by atoms with E-state index in [0.29, 0.717) is 0 Å². The van der Waals surface area contributed by atoms with E-state index < -0.39 is 44.5 Å². The van der Waals surface area contributed by atoms with Crippen molar-refractivity contribution in [3.63, 3.8) is 0 Å². The van der Waals surface area contributed by atoms with E-state index in [0.717, 1.165) is 0 Å². The number of hydrogen-bond donors (Lipinski definition) is 6. The molecule has 25 heavy (non-hydrogen) atoms. The van der Waals surface area contributed by atoms with Gasteiger partial charge < -0.3 is 30.5 Å². The Morgan fingerprint density at radius 1 is 1.40 bits per heavy atom. The standard InChI is InChI=1S/C10H14N5O8P.Pb.2H/c11-10-13-7-4(8(18)14-10)12-2-15(7)9-6(17)5(16)3(23-9)1-22-24(19,20)21;;;/h2-3,5-6,9,16-17H,1H2,(H2,19,20,21)(H3,11,13,14,18);;;/t3-,5-,6-,9-;;;/m1.../s1. The summed E-state index contributed by atoms with van der Waals surface area (Å²) < 4.78 is 21.6. The van der Waals surface area contributed by atoms with Crippen LogP contribution in [0, 0.1) is 0 Å². The van der Waals surface area contributed by atoms with Crippen LogP contribution in [-0.2, 0) is 13.8 Å². The maximum atomic E-state index is 11.7. The van der Waals surface area contributed by atoms with Gasteiger partial charge in [-0.2, -0.15) is 4.98 Å². The summed E-state index contributed by atoms with van der Waals surface area (Å²) in [5.74, 6) is -0.177. The minimum absolute atomic E-state index is 0. The van der Waals surface area contributed by atoms with Crippen LogP contribution in [0.1, 0.15) is 6.23 Å². The third-order valence-corrected chi connectivity index (χ3v) is 3.95. The first-order valence-corrected chi connectivity index (χ1v) is 8.14. The molecule has 2 aromatic heterocycles. The zero-order valence-corrected chi connectivity index (χ0v) is 19.0. The molecule has 138 valence electrons. The first-order chi connectivity index (χ1) is 11.2. The van der Waals surface area contributed by atoms with Gasteiger partial charge in [-0.05, 0) is 0 Å². The average Bonchev–Trinajstić information content (AvgIpc) is 3.00. The second-order valence-electron chi connectivity index (χ2n) is 5.11. The molecule has 13 nitrogen and oxygen atoms in total. The summed E-state index contributed by atoms with van der Waals surface area (Å²) in [6, 6.07) is 0.